The Hall–Kier alpha value is -1.33. The van der Waals surface area contributed by atoms with Gasteiger partial charge in [0.1, 0.15) is 4.88 Å². The van der Waals surface area contributed by atoms with Crippen LogP contribution < -0.4 is 11.1 Å². The second-order valence-electron chi connectivity index (χ2n) is 3.61. The molecule has 0 saturated carbocycles. The molecule has 1 amide bonds. The molecule has 17 heavy (non-hydrogen) atoms. The molecule has 3 N–H and O–H groups in total. The van der Waals surface area contributed by atoms with E-state index in [1.807, 2.05) is 5.38 Å². The summed E-state index contributed by atoms with van der Waals surface area (Å²) in [5.41, 5.74) is 6.24. The fourth-order valence-electron chi connectivity index (χ4n) is 1.46. The molecule has 2 aromatic rings. The van der Waals surface area contributed by atoms with Crippen LogP contribution in [0.25, 0.3) is 0 Å². The summed E-state index contributed by atoms with van der Waals surface area (Å²) in [4.78, 5) is 14.9. The number of hydrogen-bond acceptors (Lipinski definition) is 4. The first-order valence-corrected chi connectivity index (χ1v) is 7.09. The van der Waals surface area contributed by atoms with E-state index in [2.05, 4.69) is 24.4 Å². The van der Waals surface area contributed by atoms with E-state index in [-0.39, 0.29) is 5.91 Å². The van der Waals surface area contributed by atoms with Gasteiger partial charge in [-0.3, -0.25) is 4.79 Å². The fraction of sp³-hybridized carbons (Fsp3) is 0.250. The van der Waals surface area contributed by atoms with Crippen LogP contribution in [0.4, 0.5) is 5.69 Å². The smallest absolute Gasteiger partial charge is 0.263 e. The molecule has 0 spiro atoms. The zero-order valence-electron chi connectivity index (χ0n) is 9.53. The van der Waals surface area contributed by atoms with Crippen molar-refractivity contribution in [3.05, 3.63) is 38.2 Å². The lowest BCUT2D eigenvalue weighted by molar-refractivity contribution is 0.0956. The number of hydrogen-bond donors (Lipinski definition) is 2. The van der Waals surface area contributed by atoms with Gasteiger partial charge in [0.15, 0.2) is 0 Å². The minimum atomic E-state index is -0.0936. The first-order valence-electron chi connectivity index (χ1n) is 5.39. The number of anilines is 1. The molecular weight excluding hydrogens is 252 g/mol. The number of aryl methyl sites for hydroxylation is 1. The van der Waals surface area contributed by atoms with Gasteiger partial charge in [0.05, 0.1) is 12.2 Å². The zero-order valence-corrected chi connectivity index (χ0v) is 11.2. The predicted molar refractivity (Wildman–Crippen MR) is 73.6 cm³/mol. The lowest BCUT2D eigenvalue weighted by Gasteiger charge is -2.02. The van der Waals surface area contributed by atoms with Crippen LogP contribution in [0.3, 0.4) is 0 Å². The maximum absolute atomic E-state index is 11.8. The fourth-order valence-corrected chi connectivity index (χ4v) is 3.09. The van der Waals surface area contributed by atoms with Gasteiger partial charge >= 0.3 is 0 Å². The maximum atomic E-state index is 11.8. The van der Waals surface area contributed by atoms with Gasteiger partial charge in [0.2, 0.25) is 0 Å². The molecule has 0 unspecified atom stereocenters. The van der Waals surface area contributed by atoms with Crippen molar-refractivity contribution in [3.63, 3.8) is 0 Å². The van der Waals surface area contributed by atoms with Crippen LogP contribution in [0.2, 0.25) is 0 Å². The number of carbonyl (C=O) groups is 1. The topological polar surface area (TPSA) is 55.1 Å². The standard InChI is InChI=1S/C12H14N2OS2/c1-2-8-3-4-9(17-8)7-14-12(15)11-10(13)5-6-16-11/h3-6H,2,7,13H2,1H3,(H,14,15). The van der Waals surface area contributed by atoms with E-state index in [0.717, 1.165) is 6.42 Å². The van der Waals surface area contributed by atoms with E-state index in [0.29, 0.717) is 17.1 Å². The summed E-state index contributed by atoms with van der Waals surface area (Å²) < 4.78 is 0. The highest BCUT2D eigenvalue weighted by Gasteiger charge is 2.10. The van der Waals surface area contributed by atoms with Crippen molar-refractivity contribution in [1.82, 2.24) is 5.32 Å². The summed E-state index contributed by atoms with van der Waals surface area (Å²) in [5, 5.41) is 4.71. The lowest BCUT2D eigenvalue weighted by atomic mass is 10.3. The van der Waals surface area contributed by atoms with Crippen LogP contribution in [0.1, 0.15) is 26.3 Å². The Balaban J connectivity index is 1.94. The Morgan fingerprint density at radius 3 is 2.71 bits per heavy atom. The van der Waals surface area contributed by atoms with Crippen LogP contribution in [0.15, 0.2) is 23.6 Å². The van der Waals surface area contributed by atoms with Gasteiger partial charge in [0, 0.05) is 9.75 Å². The lowest BCUT2D eigenvalue weighted by Crippen LogP contribution is -2.22. The highest BCUT2D eigenvalue weighted by molar-refractivity contribution is 7.12. The van der Waals surface area contributed by atoms with Crippen molar-refractivity contribution in [2.45, 2.75) is 19.9 Å². The molecule has 0 aliphatic rings. The molecule has 5 heteroatoms. The molecule has 0 aromatic carbocycles. The first-order chi connectivity index (χ1) is 8.20. The van der Waals surface area contributed by atoms with Gasteiger partial charge in [-0.15, -0.1) is 22.7 Å². The van der Waals surface area contributed by atoms with E-state index < -0.39 is 0 Å². The molecule has 0 bridgehead atoms. The number of rotatable bonds is 4. The van der Waals surface area contributed by atoms with E-state index in [1.165, 1.54) is 21.1 Å². The molecule has 90 valence electrons. The SMILES string of the molecule is CCc1ccc(CNC(=O)c2sccc2N)s1. The van der Waals surface area contributed by atoms with Crippen LogP contribution in [0, 0.1) is 0 Å². The molecular formula is C12H14N2OS2. The molecule has 0 aliphatic heterocycles. The number of nitrogens with one attached hydrogen (secondary N) is 1. The molecule has 0 saturated heterocycles. The summed E-state index contributed by atoms with van der Waals surface area (Å²) in [6.07, 6.45) is 1.04. The summed E-state index contributed by atoms with van der Waals surface area (Å²) in [5.74, 6) is -0.0936. The van der Waals surface area contributed by atoms with E-state index in [9.17, 15) is 4.79 Å². The minimum Gasteiger partial charge on any atom is -0.397 e. The van der Waals surface area contributed by atoms with Crippen LogP contribution in [-0.4, -0.2) is 5.91 Å². The third kappa shape index (κ3) is 2.87. The number of amides is 1. The number of nitrogen functional groups attached to an aromatic ring is 1. The molecule has 0 atom stereocenters. The van der Waals surface area contributed by atoms with E-state index in [1.54, 1.807) is 17.4 Å². The van der Waals surface area contributed by atoms with E-state index >= 15 is 0 Å². The third-order valence-corrected chi connectivity index (χ3v) is 4.55. The largest absolute Gasteiger partial charge is 0.397 e. The van der Waals surface area contributed by atoms with Gasteiger partial charge in [0.25, 0.3) is 5.91 Å². The maximum Gasteiger partial charge on any atom is 0.263 e. The normalized spacial score (nSPS) is 10.4. The molecule has 0 fully saturated rings. The predicted octanol–water partition coefficient (Wildman–Crippen LogP) is 2.88. The van der Waals surface area contributed by atoms with Gasteiger partial charge in [-0.05, 0) is 30.0 Å². The Morgan fingerprint density at radius 2 is 2.12 bits per heavy atom. The summed E-state index contributed by atoms with van der Waals surface area (Å²) >= 11 is 3.10. The minimum absolute atomic E-state index is 0.0936. The first kappa shape index (κ1) is 12.1. The highest BCUT2D eigenvalue weighted by atomic mass is 32.1. The van der Waals surface area contributed by atoms with Crippen LogP contribution >= 0.6 is 22.7 Å². The second-order valence-corrected chi connectivity index (χ2v) is 5.78. The van der Waals surface area contributed by atoms with Crippen molar-refractivity contribution in [1.29, 1.82) is 0 Å². The average Bonchev–Trinajstić information content (AvgIpc) is 2.94. The average molecular weight is 266 g/mol. The molecule has 0 aliphatic carbocycles. The quantitative estimate of drug-likeness (QED) is 0.894. The Labute approximate surface area is 108 Å². The zero-order chi connectivity index (χ0) is 12.3. The summed E-state index contributed by atoms with van der Waals surface area (Å²) in [6, 6.07) is 5.91. The Kier molecular flexibility index (Phi) is 3.81. The molecule has 0 radical (unpaired) electrons. The number of carbonyl (C=O) groups excluding carboxylic acids is 1. The van der Waals surface area contributed by atoms with Crippen molar-refractivity contribution >= 4 is 34.3 Å². The second kappa shape index (κ2) is 5.33. The highest BCUT2D eigenvalue weighted by Crippen LogP contribution is 2.20. The summed E-state index contributed by atoms with van der Waals surface area (Å²) in [6.45, 7) is 2.70. The Bertz CT molecular complexity index is 516. The Morgan fingerprint density at radius 1 is 1.35 bits per heavy atom. The number of thiophene rings is 2. The van der Waals surface area contributed by atoms with Crippen LogP contribution in [0.5, 0.6) is 0 Å². The monoisotopic (exact) mass is 266 g/mol. The summed E-state index contributed by atoms with van der Waals surface area (Å²) in [7, 11) is 0. The van der Waals surface area contributed by atoms with Gasteiger partial charge in [-0.1, -0.05) is 6.92 Å². The van der Waals surface area contributed by atoms with Gasteiger partial charge in [-0.25, -0.2) is 0 Å². The molecule has 2 heterocycles. The molecule has 2 aromatic heterocycles. The van der Waals surface area contributed by atoms with Crippen molar-refractivity contribution in [3.8, 4) is 0 Å². The van der Waals surface area contributed by atoms with Crippen molar-refractivity contribution < 1.29 is 4.79 Å². The van der Waals surface area contributed by atoms with Crippen molar-refractivity contribution in [2.24, 2.45) is 0 Å². The molecule has 3 nitrogen and oxygen atoms in total. The third-order valence-electron chi connectivity index (χ3n) is 2.39. The molecule has 2 rings (SSSR count). The van der Waals surface area contributed by atoms with Crippen molar-refractivity contribution in [2.75, 3.05) is 5.73 Å². The number of nitrogens with two attached hydrogens (primary N) is 1. The van der Waals surface area contributed by atoms with Crippen LogP contribution in [-0.2, 0) is 13.0 Å². The van der Waals surface area contributed by atoms with Gasteiger partial charge in [-0.2, -0.15) is 0 Å². The van der Waals surface area contributed by atoms with E-state index in [4.69, 9.17) is 5.73 Å². The van der Waals surface area contributed by atoms with Gasteiger partial charge < -0.3 is 11.1 Å².